The van der Waals surface area contributed by atoms with Gasteiger partial charge in [0.05, 0.1) is 4.47 Å². The number of nitrogens with one attached hydrogen (secondary N) is 3. The van der Waals surface area contributed by atoms with E-state index in [0.29, 0.717) is 28.8 Å². The quantitative estimate of drug-likeness (QED) is 0.192. The van der Waals surface area contributed by atoms with Crippen molar-refractivity contribution in [2.75, 3.05) is 11.9 Å². The average Bonchev–Trinajstić information content (AvgIpc) is 2.80. The molecular formula is C25H28BrFN4O6. The zero-order valence-electron chi connectivity index (χ0n) is 19.9. The van der Waals surface area contributed by atoms with Crippen LogP contribution >= 0.6 is 15.9 Å². The molecule has 198 valence electrons. The molecular weight excluding hydrogens is 551 g/mol. The molecule has 0 aromatic heterocycles. The van der Waals surface area contributed by atoms with E-state index in [4.69, 9.17) is 10.5 Å². The number of primary amides is 1. The van der Waals surface area contributed by atoms with Crippen molar-refractivity contribution in [3.05, 3.63) is 58.3 Å². The first-order chi connectivity index (χ1) is 17.6. The molecule has 0 heterocycles. The SMILES string of the molecule is NC(=O)NCCCC(NC(=O)C1(C(=O)O)CCC1)C(=O)Nc1ccc(COc2ccc(F)cc2Br)cc1. The van der Waals surface area contributed by atoms with Crippen LogP contribution in [0.4, 0.5) is 14.9 Å². The van der Waals surface area contributed by atoms with E-state index in [9.17, 15) is 28.7 Å². The molecule has 1 aliphatic carbocycles. The Morgan fingerprint density at radius 2 is 1.84 bits per heavy atom. The minimum atomic E-state index is -1.52. The molecule has 3 rings (SSSR count). The fourth-order valence-corrected chi connectivity index (χ4v) is 4.28. The topological polar surface area (TPSA) is 160 Å². The molecule has 10 nitrogen and oxygen atoms in total. The molecule has 1 unspecified atom stereocenters. The second-order valence-electron chi connectivity index (χ2n) is 8.75. The second-order valence-corrected chi connectivity index (χ2v) is 9.60. The van der Waals surface area contributed by atoms with Crippen molar-refractivity contribution in [2.45, 2.75) is 44.8 Å². The van der Waals surface area contributed by atoms with Crippen molar-refractivity contribution in [3.8, 4) is 5.75 Å². The maximum Gasteiger partial charge on any atom is 0.319 e. The monoisotopic (exact) mass is 578 g/mol. The van der Waals surface area contributed by atoms with Crippen LogP contribution in [0.2, 0.25) is 0 Å². The van der Waals surface area contributed by atoms with Gasteiger partial charge >= 0.3 is 12.0 Å². The zero-order chi connectivity index (χ0) is 27.0. The van der Waals surface area contributed by atoms with Gasteiger partial charge in [0.15, 0.2) is 0 Å². The van der Waals surface area contributed by atoms with Crippen molar-refractivity contribution in [1.82, 2.24) is 10.6 Å². The van der Waals surface area contributed by atoms with Crippen molar-refractivity contribution in [3.63, 3.8) is 0 Å². The second kappa shape index (κ2) is 12.5. The van der Waals surface area contributed by atoms with Gasteiger partial charge in [-0.2, -0.15) is 0 Å². The normalized spacial score (nSPS) is 14.5. The number of rotatable bonds is 12. The highest BCUT2D eigenvalue weighted by Gasteiger charge is 2.51. The zero-order valence-corrected chi connectivity index (χ0v) is 21.5. The van der Waals surface area contributed by atoms with Gasteiger partial charge in [-0.05, 0) is 77.5 Å². The summed E-state index contributed by atoms with van der Waals surface area (Å²) >= 11 is 3.25. The highest BCUT2D eigenvalue weighted by Crippen LogP contribution is 2.41. The Balaban J connectivity index is 1.61. The van der Waals surface area contributed by atoms with Crippen LogP contribution in [0.5, 0.6) is 5.75 Å². The van der Waals surface area contributed by atoms with Gasteiger partial charge in [0.25, 0.3) is 0 Å². The van der Waals surface area contributed by atoms with Gasteiger partial charge < -0.3 is 31.5 Å². The Hall–Kier alpha value is -3.67. The van der Waals surface area contributed by atoms with E-state index in [1.165, 1.54) is 18.2 Å². The summed E-state index contributed by atoms with van der Waals surface area (Å²) in [5, 5.41) is 17.3. The van der Waals surface area contributed by atoms with Crippen molar-refractivity contribution < 1.29 is 33.4 Å². The van der Waals surface area contributed by atoms with E-state index in [2.05, 4.69) is 31.9 Å². The lowest BCUT2D eigenvalue weighted by Crippen LogP contribution is -2.55. The number of aliphatic carboxylic acids is 1. The predicted molar refractivity (Wildman–Crippen MR) is 136 cm³/mol. The van der Waals surface area contributed by atoms with E-state index >= 15 is 0 Å². The number of hydrogen-bond acceptors (Lipinski definition) is 5. The third-order valence-electron chi connectivity index (χ3n) is 6.15. The van der Waals surface area contributed by atoms with Crippen LogP contribution in [0.25, 0.3) is 0 Å². The average molecular weight is 579 g/mol. The van der Waals surface area contributed by atoms with Crippen LogP contribution in [0.15, 0.2) is 46.9 Å². The lowest BCUT2D eigenvalue weighted by Gasteiger charge is -2.36. The molecule has 2 aromatic rings. The first-order valence-corrected chi connectivity index (χ1v) is 12.5. The highest BCUT2D eigenvalue weighted by atomic mass is 79.9. The molecule has 0 radical (unpaired) electrons. The highest BCUT2D eigenvalue weighted by molar-refractivity contribution is 9.10. The van der Waals surface area contributed by atoms with E-state index in [0.717, 1.165) is 5.56 Å². The van der Waals surface area contributed by atoms with Crippen molar-refractivity contribution in [1.29, 1.82) is 0 Å². The van der Waals surface area contributed by atoms with Crippen LogP contribution in [-0.2, 0) is 21.0 Å². The number of carboxylic acid groups (broad SMARTS) is 1. The van der Waals surface area contributed by atoms with Gasteiger partial charge in [0.2, 0.25) is 11.8 Å². The molecule has 0 bridgehead atoms. The van der Waals surface area contributed by atoms with Crippen LogP contribution in [-0.4, -0.2) is 41.5 Å². The smallest absolute Gasteiger partial charge is 0.319 e. The summed E-state index contributed by atoms with van der Waals surface area (Å²) in [5.74, 6) is -2.34. The first-order valence-electron chi connectivity index (χ1n) is 11.7. The minimum Gasteiger partial charge on any atom is -0.488 e. The van der Waals surface area contributed by atoms with Crippen LogP contribution in [0.1, 0.15) is 37.7 Å². The van der Waals surface area contributed by atoms with E-state index < -0.39 is 35.3 Å². The van der Waals surface area contributed by atoms with Crippen LogP contribution < -0.4 is 26.4 Å². The molecule has 6 N–H and O–H groups in total. The van der Waals surface area contributed by atoms with Gasteiger partial charge in [0.1, 0.15) is 29.6 Å². The Labute approximate surface area is 221 Å². The summed E-state index contributed by atoms with van der Waals surface area (Å²) < 4.78 is 19.4. The number of nitrogens with two attached hydrogens (primary N) is 1. The Morgan fingerprint density at radius 1 is 1.14 bits per heavy atom. The first kappa shape index (κ1) is 27.9. The van der Waals surface area contributed by atoms with Gasteiger partial charge in [-0.3, -0.25) is 14.4 Å². The summed E-state index contributed by atoms with van der Waals surface area (Å²) in [6.07, 6.45) is 1.53. The number of ether oxygens (including phenoxy) is 1. The fraction of sp³-hybridized carbons (Fsp3) is 0.360. The molecule has 0 saturated heterocycles. The van der Waals surface area contributed by atoms with E-state index in [-0.39, 0.29) is 38.2 Å². The molecule has 12 heteroatoms. The van der Waals surface area contributed by atoms with Gasteiger partial charge in [0, 0.05) is 12.2 Å². The number of carbonyl (C=O) groups excluding carboxylic acids is 3. The van der Waals surface area contributed by atoms with E-state index in [1.54, 1.807) is 24.3 Å². The molecule has 4 amide bonds. The number of anilines is 1. The largest absolute Gasteiger partial charge is 0.488 e. The van der Waals surface area contributed by atoms with Gasteiger partial charge in [-0.15, -0.1) is 0 Å². The van der Waals surface area contributed by atoms with Crippen LogP contribution in [0.3, 0.4) is 0 Å². The molecule has 1 fully saturated rings. The van der Waals surface area contributed by atoms with Crippen molar-refractivity contribution >= 4 is 45.4 Å². The molecule has 1 saturated carbocycles. The lowest BCUT2D eigenvalue weighted by atomic mass is 9.68. The maximum atomic E-state index is 13.2. The number of carboxylic acids is 1. The summed E-state index contributed by atoms with van der Waals surface area (Å²) in [6, 6.07) is 9.19. The summed E-state index contributed by atoms with van der Waals surface area (Å²) in [5.41, 5.74) is 4.79. The number of halogens is 2. The maximum absolute atomic E-state index is 13.2. The number of hydrogen-bond donors (Lipinski definition) is 5. The molecule has 0 aliphatic heterocycles. The molecule has 1 atom stereocenters. The number of amides is 4. The van der Waals surface area contributed by atoms with Gasteiger partial charge in [-0.25, -0.2) is 9.18 Å². The third-order valence-corrected chi connectivity index (χ3v) is 6.77. The molecule has 0 spiro atoms. The van der Waals surface area contributed by atoms with Gasteiger partial charge in [-0.1, -0.05) is 18.6 Å². The number of urea groups is 1. The molecule has 2 aromatic carbocycles. The summed E-state index contributed by atoms with van der Waals surface area (Å²) in [6.45, 7) is 0.402. The standard InChI is InChI=1S/C25H28BrFN4O6/c26-18-13-16(27)6-9-20(18)37-14-15-4-7-17(8-5-15)30-21(32)19(3-1-12-29-24(28)36)31-22(33)25(23(34)35)10-2-11-25/h4-9,13,19H,1-3,10-12,14H2,(H,30,32)(H,31,33)(H,34,35)(H3,28,29,36). The predicted octanol–water partition coefficient (Wildman–Crippen LogP) is 3.29. The Morgan fingerprint density at radius 3 is 2.41 bits per heavy atom. The lowest BCUT2D eigenvalue weighted by molar-refractivity contribution is -0.162. The minimum absolute atomic E-state index is 0.159. The summed E-state index contributed by atoms with van der Waals surface area (Å²) in [7, 11) is 0. The molecule has 1 aliphatic rings. The fourth-order valence-electron chi connectivity index (χ4n) is 3.82. The number of carbonyl (C=O) groups is 4. The Bertz CT molecular complexity index is 1160. The molecule has 37 heavy (non-hydrogen) atoms. The third kappa shape index (κ3) is 7.42. The summed E-state index contributed by atoms with van der Waals surface area (Å²) in [4.78, 5) is 48.4. The number of benzene rings is 2. The Kier molecular flexibility index (Phi) is 9.45. The van der Waals surface area contributed by atoms with Crippen molar-refractivity contribution in [2.24, 2.45) is 11.1 Å². The van der Waals surface area contributed by atoms with E-state index in [1.807, 2.05) is 0 Å². The van der Waals surface area contributed by atoms with Crippen LogP contribution in [0, 0.1) is 11.2 Å².